The van der Waals surface area contributed by atoms with Crippen molar-refractivity contribution in [1.29, 1.82) is 0 Å². The average molecular weight is 292 g/mol. The number of nitrogens with two attached hydrogens (primary N) is 1. The molecule has 4 atom stereocenters. The van der Waals surface area contributed by atoms with E-state index in [1.165, 1.54) is 25.7 Å². The van der Waals surface area contributed by atoms with Gasteiger partial charge in [-0.3, -0.25) is 4.79 Å². The topological polar surface area (TPSA) is 55.1 Å². The van der Waals surface area contributed by atoms with Gasteiger partial charge in [-0.25, -0.2) is 0 Å². The Morgan fingerprint density at radius 2 is 1.76 bits per heavy atom. The smallest absolute Gasteiger partial charge is 0.237 e. The zero-order valence-electron chi connectivity index (χ0n) is 14.2. The van der Waals surface area contributed by atoms with Crippen molar-refractivity contribution in [1.82, 2.24) is 5.32 Å². The number of carbonyl (C=O) groups excluding carboxylic acids is 1. The molecule has 0 heterocycles. The normalized spacial score (nSPS) is 47.2. The van der Waals surface area contributed by atoms with E-state index in [9.17, 15) is 4.79 Å². The van der Waals surface area contributed by atoms with Gasteiger partial charge in [-0.1, -0.05) is 34.1 Å². The van der Waals surface area contributed by atoms with E-state index in [4.69, 9.17) is 5.73 Å². The second-order valence-electron chi connectivity index (χ2n) is 9.31. The zero-order valence-corrected chi connectivity index (χ0v) is 14.2. The SMILES string of the molecule is CCC(C)[C@H](N)C(=O)NC12CC3CC(C)(CC(C)(C3)C1)C2. The fraction of sp³-hybridized carbons (Fsp3) is 0.944. The molecule has 4 aliphatic carbocycles. The molecule has 4 saturated carbocycles. The van der Waals surface area contributed by atoms with Gasteiger partial charge in [0.15, 0.2) is 0 Å². The van der Waals surface area contributed by atoms with Gasteiger partial charge in [0.05, 0.1) is 6.04 Å². The van der Waals surface area contributed by atoms with Crippen LogP contribution < -0.4 is 11.1 Å². The number of hydrogen-bond donors (Lipinski definition) is 2. The number of amides is 1. The van der Waals surface area contributed by atoms with Crippen LogP contribution in [0.15, 0.2) is 0 Å². The minimum Gasteiger partial charge on any atom is -0.349 e. The van der Waals surface area contributed by atoms with Crippen LogP contribution >= 0.6 is 0 Å². The van der Waals surface area contributed by atoms with Gasteiger partial charge >= 0.3 is 0 Å². The molecular formula is C18H32N2O. The Balaban J connectivity index is 1.77. The van der Waals surface area contributed by atoms with Gasteiger partial charge in [0, 0.05) is 5.54 Å². The van der Waals surface area contributed by atoms with Crippen LogP contribution in [-0.2, 0) is 4.79 Å². The highest BCUT2D eigenvalue weighted by Gasteiger charge is 2.60. The van der Waals surface area contributed by atoms with Gasteiger partial charge in [0.25, 0.3) is 0 Å². The molecular weight excluding hydrogens is 260 g/mol. The minimum atomic E-state index is -0.358. The molecule has 3 nitrogen and oxygen atoms in total. The summed E-state index contributed by atoms with van der Waals surface area (Å²) in [5.41, 5.74) is 7.05. The first-order valence-electron chi connectivity index (χ1n) is 8.76. The summed E-state index contributed by atoms with van der Waals surface area (Å²) in [6.07, 6.45) is 8.51. The van der Waals surface area contributed by atoms with E-state index in [2.05, 4.69) is 33.0 Å². The first kappa shape index (κ1) is 15.3. The van der Waals surface area contributed by atoms with Crippen LogP contribution in [-0.4, -0.2) is 17.5 Å². The van der Waals surface area contributed by atoms with Crippen molar-refractivity contribution in [2.75, 3.05) is 0 Å². The van der Waals surface area contributed by atoms with Crippen LogP contribution in [0.2, 0.25) is 0 Å². The van der Waals surface area contributed by atoms with Crippen molar-refractivity contribution in [2.24, 2.45) is 28.4 Å². The molecule has 0 aromatic heterocycles. The Morgan fingerprint density at radius 1 is 1.19 bits per heavy atom. The summed E-state index contributed by atoms with van der Waals surface area (Å²) >= 11 is 0. The lowest BCUT2D eigenvalue weighted by Gasteiger charge is -2.65. The Bertz CT molecular complexity index is 428. The van der Waals surface area contributed by atoms with Crippen LogP contribution in [0.1, 0.15) is 72.6 Å². The molecule has 21 heavy (non-hydrogen) atoms. The van der Waals surface area contributed by atoms with Crippen LogP contribution in [0.4, 0.5) is 0 Å². The van der Waals surface area contributed by atoms with Crippen LogP contribution in [0.25, 0.3) is 0 Å². The standard InChI is InChI=1S/C18H32N2O/c1-5-12(2)14(19)15(21)20-18-8-13-6-16(3,10-18)9-17(4,7-13)11-18/h12-14H,5-11,19H2,1-4H3,(H,20,21)/t12?,13?,14-,16?,17?,18?/m0/s1. The van der Waals surface area contributed by atoms with Crippen molar-refractivity contribution in [3.63, 3.8) is 0 Å². The quantitative estimate of drug-likeness (QED) is 0.836. The number of carbonyl (C=O) groups is 1. The fourth-order valence-corrected chi connectivity index (χ4v) is 6.44. The first-order valence-corrected chi connectivity index (χ1v) is 8.76. The summed E-state index contributed by atoms with van der Waals surface area (Å²) < 4.78 is 0. The molecule has 3 unspecified atom stereocenters. The Morgan fingerprint density at radius 3 is 2.24 bits per heavy atom. The lowest BCUT2D eigenvalue weighted by atomic mass is 9.43. The van der Waals surface area contributed by atoms with Crippen molar-refractivity contribution in [3.8, 4) is 0 Å². The van der Waals surface area contributed by atoms with Gasteiger partial charge < -0.3 is 11.1 Å². The molecule has 4 fully saturated rings. The molecule has 1 amide bonds. The molecule has 0 radical (unpaired) electrons. The maximum atomic E-state index is 12.6. The first-order chi connectivity index (χ1) is 9.68. The molecule has 0 spiro atoms. The molecule has 120 valence electrons. The van der Waals surface area contributed by atoms with Gasteiger partial charge in [0.1, 0.15) is 0 Å². The Kier molecular flexibility index (Phi) is 3.44. The van der Waals surface area contributed by atoms with Crippen LogP contribution in [0.3, 0.4) is 0 Å². The lowest BCUT2D eigenvalue weighted by Crippen LogP contribution is -2.66. The molecule has 4 rings (SSSR count). The molecule has 0 saturated heterocycles. The summed E-state index contributed by atoms with van der Waals surface area (Å²) in [5.74, 6) is 1.14. The number of rotatable bonds is 4. The van der Waals surface area contributed by atoms with E-state index in [0.29, 0.717) is 10.8 Å². The largest absolute Gasteiger partial charge is 0.349 e. The van der Waals surface area contributed by atoms with Crippen LogP contribution in [0.5, 0.6) is 0 Å². The van der Waals surface area contributed by atoms with Crippen molar-refractivity contribution < 1.29 is 4.79 Å². The van der Waals surface area contributed by atoms with Crippen molar-refractivity contribution >= 4 is 5.91 Å². The van der Waals surface area contributed by atoms with Gasteiger partial charge in [-0.2, -0.15) is 0 Å². The predicted octanol–water partition coefficient (Wildman–Crippen LogP) is 3.23. The zero-order chi connectivity index (χ0) is 15.5. The third-order valence-electron chi connectivity index (χ3n) is 6.57. The van der Waals surface area contributed by atoms with Gasteiger partial charge in [-0.15, -0.1) is 0 Å². The summed E-state index contributed by atoms with van der Waals surface area (Å²) in [7, 11) is 0. The van der Waals surface area contributed by atoms with E-state index in [0.717, 1.165) is 25.2 Å². The van der Waals surface area contributed by atoms with Gasteiger partial charge in [0.2, 0.25) is 5.91 Å². The van der Waals surface area contributed by atoms with E-state index in [-0.39, 0.29) is 23.4 Å². The summed E-state index contributed by atoms with van der Waals surface area (Å²) in [6, 6.07) is -0.358. The molecule has 3 heteroatoms. The van der Waals surface area contributed by atoms with E-state index in [1.807, 2.05) is 0 Å². The molecule has 0 aromatic rings. The highest BCUT2D eigenvalue weighted by Crippen LogP contribution is 2.66. The lowest BCUT2D eigenvalue weighted by molar-refractivity contribution is -0.141. The molecule has 0 aliphatic heterocycles. The molecule has 4 aliphatic rings. The number of hydrogen-bond acceptors (Lipinski definition) is 2. The van der Waals surface area contributed by atoms with E-state index < -0.39 is 0 Å². The second kappa shape index (κ2) is 4.71. The maximum Gasteiger partial charge on any atom is 0.237 e. The Hall–Kier alpha value is -0.570. The predicted molar refractivity (Wildman–Crippen MR) is 85.7 cm³/mol. The summed E-state index contributed by atoms with van der Waals surface area (Å²) in [6.45, 7) is 9.05. The third kappa shape index (κ3) is 2.62. The molecule has 3 N–H and O–H groups in total. The molecule has 0 aromatic carbocycles. The average Bonchev–Trinajstić information content (AvgIpc) is 2.31. The maximum absolute atomic E-state index is 12.6. The summed E-state index contributed by atoms with van der Waals surface area (Å²) in [4.78, 5) is 12.6. The number of nitrogens with one attached hydrogen (secondary N) is 1. The highest BCUT2D eigenvalue weighted by atomic mass is 16.2. The monoisotopic (exact) mass is 292 g/mol. The van der Waals surface area contributed by atoms with Crippen molar-refractivity contribution in [2.45, 2.75) is 84.2 Å². The Labute approximate surface area is 129 Å². The van der Waals surface area contributed by atoms with Gasteiger partial charge in [-0.05, 0) is 61.2 Å². The second-order valence-corrected chi connectivity index (χ2v) is 9.31. The summed E-state index contributed by atoms with van der Waals surface area (Å²) in [5, 5.41) is 3.43. The van der Waals surface area contributed by atoms with E-state index in [1.54, 1.807) is 0 Å². The minimum absolute atomic E-state index is 0.0328. The molecule has 4 bridgehead atoms. The van der Waals surface area contributed by atoms with Crippen LogP contribution in [0, 0.1) is 22.7 Å². The van der Waals surface area contributed by atoms with Crippen molar-refractivity contribution in [3.05, 3.63) is 0 Å². The van der Waals surface area contributed by atoms with E-state index >= 15 is 0 Å². The highest BCUT2D eigenvalue weighted by molar-refractivity contribution is 5.82. The fourth-order valence-electron chi connectivity index (χ4n) is 6.44. The third-order valence-corrected chi connectivity index (χ3v) is 6.57.